The van der Waals surface area contributed by atoms with E-state index in [0.717, 1.165) is 53.8 Å². The second-order valence-corrected chi connectivity index (χ2v) is 9.02. The van der Waals surface area contributed by atoms with Gasteiger partial charge in [0.25, 0.3) is 5.91 Å². The average Bonchev–Trinajstić information content (AvgIpc) is 3.51. The predicted octanol–water partition coefficient (Wildman–Crippen LogP) is 5.37. The second kappa shape index (κ2) is 9.62. The van der Waals surface area contributed by atoms with E-state index in [0.29, 0.717) is 27.2 Å². The molecular weight excluding hydrogens is 473 g/mol. The zero-order valence-electron chi connectivity index (χ0n) is 18.5. The third kappa shape index (κ3) is 4.46. The van der Waals surface area contributed by atoms with Gasteiger partial charge in [0, 0.05) is 82.1 Å². The van der Waals surface area contributed by atoms with E-state index in [1.807, 2.05) is 23.3 Å². The summed E-state index contributed by atoms with van der Waals surface area (Å²) in [4.78, 5) is 20.5. The highest BCUT2D eigenvalue weighted by atomic mass is 35.5. The Bertz CT molecular complexity index is 1390. The highest BCUT2D eigenvalue weighted by Gasteiger charge is 2.18. The number of nitrogens with zero attached hydrogens (tertiary/aromatic N) is 3. The number of nitrogens with one attached hydrogen (secondary N) is 2. The maximum Gasteiger partial charge on any atom is 0.251 e. The van der Waals surface area contributed by atoms with Crippen LogP contribution in [0.2, 0.25) is 10.0 Å². The van der Waals surface area contributed by atoms with Gasteiger partial charge in [0.05, 0.1) is 12.2 Å². The molecule has 1 aromatic carbocycles. The van der Waals surface area contributed by atoms with Crippen LogP contribution in [0.15, 0.2) is 49.1 Å². The first-order valence-corrected chi connectivity index (χ1v) is 11.8. The molecule has 1 aliphatic heterocycles. The molecule has 0 spiro atoms. The minimum atomic E-state index is -0.264. The second-order valence-electron chi connectivity index (χ2n) is 8.18. The first-order chi connectivity index (χ1) is 16.5. The lowest BCUT2D eigenvalue weighted by Gasteiger charge is -2.22. The van der Waals surface area contributed by atoms with Gasteiger partial charge >= 0.3 is 0 Å². The van der Waals surface area contributed by atoms with Crippen molar-refractivity contribution in [1.82, 2.24) is 25.1 Å². The van der Waals surface area contributed by atoms with Crippen LogP contribution in [-0.4, -0.2) is 45.9 Å². The van der Waals surface area contributed by atoms with Gasteiger partial charge < -0.3 is 15.0 Å². The first-order valence-electron chi connectivity index (χ1n) is 11.0. The summed E-state index contributed by atoms with van der Waals surface area (Å²) in [6, 6.07) is 7.46. The van der Waals surface area contributed by atoms with Gasteiger partial charge in [-0.1, -0.05) is 23.2 Å². The molecule has 1 saturated heterocycles. The number of pyridine rings is 1. The highest BCUT2D eigenvalue weighted by Crippen LogP contribution is 2.32. The van der Waals surface area contributed by atoms with Gasteiger partial charge in [-0.2, -0.15) is 5.10 Å². The van der Waals surface area contributed by atoms with E-state index in [1.54, 1.807) is 31.3 Å². The molecule has 5 rings (SSSR count). The van der Waals surface area contributed by atoms with E-state index < -0.39 is 0 Å². The number of ether oxygens (including phenoxy) is 1. The largest absolute Gasteiger partial charge is 0.381 e. The topological polar surface area (TPSA) is 84.8 Å². The maximum absolute atomic E-state index is 12.8. The van der Waals surface area contributed by atoms with Crippen molar-refractivity contribution < 1.29 is 9.53 Å². The monoisotopic (exact) mass is 495 g/mol. The SMILES string of the molecule is CNC(=O)C(=Cc1c[nH]c2ncc(-c3cnn(C4CCOCC4)c3)cc12)c1cc(Cl)ccc1Cl. The van der Waals surface area contributed by atoms with Crippen molar-refractivity contribution in [2.45, 2.75) is 18.9 Å². The number of benzene rings is 1. The Hall–Kier alpha value is -3.13. The quantitative estimate of drug-likeness (QED) is 0.364. The fourth-order valence-corrected chi connectivity index (χ4v) is 4.59. The zero-order chi connectivity index (χ0) is 23.7. The molecule has 9 heteroatoms. The van der Waals surface area contributed by atoms with Gasteiger partial charge in [-0.05, 0) is 43.2 Å². The lowest BCUT2D eigenvalue weighted by atomic mass is 10.0. The lowest BCUT2D eigenvalue weighted by Crippen LogP contribution is -2.19. The Kier molecular flexibility index (Phi) is 6.41. The van der Waals surface area contributed by atoms with Crippen molar-refractivity contribution in [3.63, 3.8) is 0 Å². The third-order valence-corrected chi connectivity index (χ3v) is 6.62. The molecule has 0 bridgehead atoms. The molecule has 0 atom stereocenters. The number of likely N-dealkylation sites (N-methyl/N-ethyl adjacent to an activating group) is 1. The van der Waals surface area contributed by atoms with Crippen molar-refractivity contribution in [1.29, 1.82) is 0 Å². The summed E-state index contributed by atoms with van der Waals surface area (Å²) in [6.07, 6.45) is 11.3. The minimum Gasteiger partial charge on any atom is -0.381 e. The number of hydrogen-bond acceptors (Lipinski definition) is 4. The molecule has 0 radical (unpaired) electrons. The average molecular weight is 496 g/mol. The molecule has 7 nitrogen and oxygen atoms in total. The molecule has 2 N–H and O–H groups in total. The number of carbonyl (C=O) groups is 1. The fourth-order valence-electron chi connectivity index (χ4n) is 4.20. The normalized spacial score (nSPS) is 15.1. The summed E-state index contributed by atoms with van der Waals surface area (Å²) in [5.41, 5.74) is 4.44. The van der Waals surface area contributed by atoms with Gasteiger partial charge in [0.1, 0.15) is 5.65 Å². The molecule has 4 heterocycles. The van der Waals surface area contributed by atoms with Gasteiger partial charge in [0.15, 0.2) is 0 Å². The molecule has 174 valence electrons. The van der Waals surface area contributed by atoms with Crippen molar-refractivity contribution in [2.75, 3.05) is 20.3 Å². The van der Waals surface area contributed by atoms with Crippen LogP contribution < -0.4 is 5.32 Å². The Morgan fingerprint density at radius 1 is 1.21 bits per heavy atom. The third-order valence-electron chi connectivity index (χ3n) is 6.05. The van der Waals surface area contributed by atoms with Crippen LogP contribution >= 0.6 is 23.2 Å². The molecule has 1 fully saturated rings. The number of carbonyl (C=O) groups excluding carboxylic acids is 1. The number of fused-ring (bicyclic) bond motifs is 1. The van der Waals surface area contributed by atoms with Crippen LogP contribution in [0.25, 0.3) is 33.8 Å². The van der Waals surface area contributed by atoms with Crippen LogP contribution in [0.1, 0.15) is 30.0 Å². The molecular formula is C25H23Cl2N5O2. The number of halogens is 2. The maximum atomic E-state index is 12.8. The summed E-state index contributed by atoms with van der Waals surface area (Å²) in [5.74, 6) is -0.264. The number of rotatable bonds is 5. The molecule has 0 aliphatic carbocycles. The number of hydrogen-bond donors (Lipinski definition) is 2. The smallest absolute Gasteiger partial charge is 0.251 e. The van der Waals surface area contributed by atoms with Gasteiger partial charge in [-0.25, -0.2) is 4.98 Å². The van der Waals surface area contributed by atoms with Crippen LogP contribution in [-0.2, 0) is 9.53 Å². The highest BCUT2D eigenvalue weighted by molar-refractivity contribution is 6.37. The summed E-state index contributed by atoms with van der Waals surface area (Å²) < 4.78 is 7.48. The molecule has 0 unspecified atom stereocenters. The summed E-state index contributed by atoms with van der Waals surface area (Å²) in [5, 5.41) is 9.09. The molecule has 1 amide bonds. The minimum absolute atomic E-state index is 0.264. The van der Waals surface area contributed by atoms with Gasteiger partial charge in [0.2, 0.25) is 0 Å². The van der Waals surface area contributed by atoms with E-state index in [2.05, 4.69) is 32.6 Å². The summed E-state index contributed by atoms with van der Waals surface area (Å²) in [6.45, 7) is 1.52. The van der Waals surface area contributed by atoms with E-state index in [1.165, 1.54) is 0 Å². The molecule has 4 aromatic rings. The van der Waals surface area contributed by atoms with Crippen LogP contribution in [0, 0.1) is 0 Å². The fraction of sp³-hybridized carbons (Fsp3) is 0.240. The lowest BCUT2D eigenvalue weighted by molar-refractivity contribution is -0.115. The van der Waals surface area contributed by atoms with Crippen molar-refractivity contribution >= 4 is 51.8 Å². The standard InChI is InChI=1S/C25H23Cl2N5O2/c1-28-25(33)22(21-10-18(26)2-3-23(21)27)9-16-12-30-24-20(16)8-15(11-29-24)17-13-31-32(14-17)19-4-6-34-7-5-19/h2-3,8-14,19H,4-7H2,1H3,(H,28,33)(H,29,30). The predicted molar refractivity (Wildman–Crippen MR) is 135 cm³/mol. The number of aromatic amines is 1. The Morgan fingerprint density at radius 2 is 2.03 bits per heavy atom. The summed E-state index contributed by atoms with van der Waals surface area (Å²) in [7, 11) is 1.58. The summed E-state index contributed by atoms with van der Waals surface area (Å²) >= 11 is 12.6. The van der Waals surface area contributed by atoms with Gasteiger partial charge in [-0.3, -0.25) is 9.48 Å². The van der Waals surface area contributed by atoms with E-state index in [-0.39, 0.29) is 5.91 Å². The Labute approximate surface area is 206 Å². The molecule has 1 aliphatic rings. The molecule has 0 saturated carbocycles. The Balaban J connectivity index is 1.55. The Morgan fingerprint density at radius 3 is 2.82 bits per heavy atom. The van der Waals surface area contributed by atoms with Crippen molar-refractivity contribution in [3.8, 4) is 11.1 Å². The first kappa shape index (κ1) is 22.7. The van der Waals surface area contributed by atoms with Crippen molar-refractivity contribution in [2.24, 2.45) is 0 Å². The van der Waals surface area contributed by atoms with E-state index in [4.69, 9.17) is 27.9 Å². The van der Waals surface area contributed by atoms with Crippen LogP contribution in [0.3, 0.4) is 0 Å². The van der Waals surface area contributed by atoms with Crippen LogP contribution in [0.5, 0.6) is 0 Å². The number of H-pyrrole nitrogens is 1. The molecule has 3 aromatic heterocycles. The van der Waals surface area contributed by atoms with Gasteiger partial charge in [-0.15, -0.1) is 0 Å². The number of aromatic nitrogens is 4. The van der Waals surface area contributed by atoms with E-state index in [9.17, 15) is 4.79 Å². The molecule has 34 heavy (non-hydrogen) atoms. The van der Waals surface area contributed by atoms with Crippen LogP contribution in [0.4, 0.5) is 0 Å². The zero-order valence-corrected chi connectivity index (χ0v) is 20.0. The number of amides is 1. The van der Waals surface area contributed by atoms with Crippen molar-refractivity contribution in [3.05, 3.63) is 70.2 Å². The van der Waals surface area contributed by atoms with E-state index >= 15 is 0 Å².